The molecule has 2 heterocycles. The fourth-order valence-electron chi connectivity index (χ4n) is 4.00. The van der Waals surface area contributed by atoms with Crippen LogP contribution < -0.4 is 5.32 Å². The van der Waals surface area contributed by atoms with Crippen molar-refractivity contribution in [2.24, 2.45) is 0 Å². The molecule has 34 heavy (non-hydrogen) atoms. The highest BCUT2D eigenvalue weighted by Gasteiger charge is 2.32. The van der Waals surface area contributed by atoms with Crippen LogP contribution >= 0.6 is 34.7 Å². The molecule has 0 fully saturated rings. The standard InChI is InChI=1S/C24H17ClF3N3OS2/c25-16-10-9-14(24(26,27)28)11-17(16)31-21(32)20(13-5-2-1-3-6-13)34-23-19-15-7-4-8-18(15)33-22(19)29-12-30-23/h1-3,5-6,9-12,20H,4,7-8H2,(H,31,32)/t20-/m1/s1. The molecule has 0 aliphatic heterocycles. The predicted molar refractivity (Wildman–Crippen MR) is 130 cm³/mol. The molecule has 10 heteroatoms. The van der Waals surface area contributed by atoms with E-state index in [4.69, 9.17) is 11.6 Å². The van der Waals surface area contributed by atoms with E-state index >= 15 is 0 Å². The van der Waals surface area contributed by atoms with Gasteiger partial charge in [0, 0.05) is 10.3 Å². The number of hydrogen-bond acceptors (Lipinski definition) is 5. The molecule has 4 aromatic rings. The monoisotopic (exact) mass is 519 g/mol. The van der Waals surface area contributed by atoms with E-state index in [0.29, 0.717) is 10.6 Å². The largest absolute Gasteiger partial charge is 0.416 e. The molecule has 1 atom stereocenters. The molecule has 1 aliphatic rings. The highest BCUT2D eigenvalue weighted by molar-refractivity contribution is 8.00. The van der Waals surface area contributed by atoms with Gasteiger partial charge in [0.25, 0.3) is 0 Å². The van der Waals surface area contributed by atoms with Crippen LogP contribution in [0.15, 0.2) is 59.9 Å². The third kappa shape index (κ3) is 4.52. The molecule has 0 unspecified atom stereocenters. The number of rotatable bonds is 5. The van der Waals surface area contributed by atoms with Gasteiger partial charge >= 0.3 is 6.18 Å². The second kappa shape index (κ2) is 9.20. The molecule has 1 N–H and O–H groups in total. The molecular formula is C24H17ClF3N3OS2. The first-order valence-corrected chi connectivity index (χ1v) is 12.5. The highest BCUT2D eigenvalue weighted by Crippen LogP contribution is 2.44. The molecule has 0 bridgehead atoms. The maximum absolute atomic E-state index is 13.4. The fraction of sp³-hybridized carbons (Fsp3) is 0.208. The van der Waals surface area contributed by atoms with Crippen LogP contribution in [0.1, 0.15) is 33.2 Å². The zero-order chi connectivity index (χ0) is 23.9. The van der Waals surface area contributed by atoms with Crippen LogP contribution in [0.25, 0.3) is 10.2 Å². The van der Waals surface area contributed by atoms with E-state index in [1.165, 1.54) is 28.5 Å². The van der Waals surface area contributed by atoms with Crippen LogP contribution in [0.5, 0.6) is 0 Å². The molecular weight excluding hydrogens is 503 g/mol. The van der Waals surface area contributed by atoms with Gasteiger partial charge < -0.3 is 5.32 Å². The molecule has 0 spiro atoms. The number of aromatic nitrogens is 2. The Morgan fingerprint density at radius 1 is 1.12 bits per heavy atom. The van der Waals surface area contributed by atoms with Crippen molar-refractivity contribution in [2.75, 3.05) is 5.32 Å². The predicted octanol–water partition coefficient (Wildman–Crippen LogP) is 7.32. The molecule has 5 rings (SSSR count). The quantitative estimate of drug-likeness (QED) is 0.221. The van der Waals surface area contributed by atoms with E-state index in [1.54, 1.807) is 23.5 Å². The summed E-state index contributed by atoms with van der Waals surface area (Å²) >= 11 is 9.03. The zero-order valence-corrected chi connectivity index (χ0v) is 19.9. The Morgan fingerprint density at radius 3 is 2.68 bits per heavy atom. The lowest BCUT2D eigenvalue weighted by Gasteiger charge is -2.18. The number of carbonyl (C=O) groups is 1. The lowest BCUT2D eigenvalue weighted by Crippen LogP contribution is -2.20. The van der Waals surface area contributed by atoms with Crippen molar-refractivity contribution in [1.29, 1.82) is 0 Å². The summed E-state index contributed by atoms with van der Waals surface area (Å²) in [4.78, 5) is 24.5. The smallest absolute Gasteiger partial charge is 0.323 e. The summed E-state index contributed by atoms with van der Waals surface area (Å²) in [6.45, 7) is 0. The number of thiophene rings is 1. The van der Waals surface area contributed by atoms with Crippen molar-refractivity contribution in [1.82, 2.24) is 9.97 Å². The van der Waals surface area contributed by atoms with E-state index < -0.39 is 22.9 Å². The molecule has 174 valence electrons. The van der Waals surface area contributed by atoms with Crippen LogP contribution in [0, 0.1) is 0 Å². The van der Waals surface area contributed by atoms with E-state index in [1.807, 2.05) is 18.2 Å². The summed E-state index contributed by atoms with van der Waals surface area (Å²) < 4.78 is 39.6. The molecule has 0 saturated heterocycles. The first kappa shape index (κ1) is 23.1. The Hall–Kier alpha value is -2.62. The van der Waals surface area contributed by atoms with Crippen LogP contribution in [0.4, 0.5) is 18.9 Å². The third-order valence-electron chi connectivity index (χ3n) is 5.59. The zero-order valence-electron chi connectivity index (χ0n) is 17.5. The summed E-state index contributed by atoms with van der Waals surface area (Å²) in [5, 5.41) is 3.52. The molecule has 1 aliphatic carbocycles. The van der Waals surface area contributed by atoms with Crippen molar-refractivity contribution in [2.45, 2.75) is 35.7 Å². The van der Waals surface area contributed by atoms with Gasteiger partial charge in [-0.1, -0.05) is 53.7 Å². The number of benzene rings is 2. The van der Waals surface area contributed by atoms with Gasteiger partial charge in [-0.2, -0.15) is 13.2 Å². The maximum Gasteiger partial charge on any atom is 0.416 e. The van der Waals surface area contributed by atoms with Crippen molar-refractivity contribution < 1.29 is 18.0 Å². The van der Waals surface area contributed by atoms with Gasteiger partial charge in [0.15, 0.2) is 0 Å². The van der Waals surface area contributed by atoms with Crippen LogP contribution in [0.2, 0.25) is 5.02 Å². The minimum Gasteiger partial charge on any atom is -0.323 e. The number of halogens is 4. The summed E-state index contributed by atoms with van der Waals surface area (Å²) in [5.74, 6) is -0.490. The molecule has 2 aromatic carbocycles. The number of anilines is 1. The second-order valence-electron chi connectivity index (χ2n) is 7.81. The summed E-state index contributed by atoms with van der Waals surface area (Å²) in [7, 11) is 0. The van der Waals surface area contributed by atoms with Crippen molar-refractivity contribution in [3.05, 3.63) is 81.4 Å². The SMILES string of the molecule is O=C(Nc1cc(C(F)(F)F)ccc1Cl)[C@H](Sc1ncnc2sc3c(c12)CCC3)c1ccccc1. The van der Waals surface area contributed by atoms with Gasteiger partial charge in [-0.25, -0.2) is 9.97 Å². The first-order chi connectivity index (χ1) is 16.3. The number of aryl methyl sites for hydroxylation is 2. The fourth-order valence-corrected chi connectivity index (χ4v) is 6.58. The van der Waals surface area contributed by atoms with Crippen molar-refractivity contribution in [3.8, 4) is 0 Å². The number of amides is 1. The number of nitrogens with zero attached hydrogens (tertiary/aromatic N) is 2. The van der Waals surface area contributed by atoms with Gasteiger partial charge in [-0.05, 0) is 48.6 Å². The van der Waals surface area contributed by atoms with Gasteiger partial charge in [-0.15, -0.1) is 11.3 Å². The van der Waals surface area contributed by atoms with Crippen molar-refractivity contribution in [3.63, 3.8) is 0 Å². The Morgan fingerprint density at radius 2 is 1.91 bits per heavy atom. The molecule has 0 radical (unpaired) electrons. The topological polar surface area (TPSA) is 54.9 Å². The minimum atomic E-state index is -4.55. The summed E-state index contributed by atoms with van der Waals surface area (Å²) in [6, 6.07) is 11.9. The first-order valence-electron chi connectivity index (χ1n) is 10.5. The van der Waals surface area contributed by atoms with Gasteiger partial charge in [0.2, 0.25) is 5.91 Å². The van der Waals surface area contributed by atoms with E-state index in [9.17, 15) is 18.0 Å². The number of nitrogens with one attached hydrogen (secondary N) is 1. The van der Waals surface area contributed by atoms with Crippen LogP contribution in [-0.2, 0) is 23.8 Å². The van der Waals surface area contributed by atoms with Crippen LogP contribution in [-0.4, -0.2) is 15.9 Å². The summed E-state index contributed by atoms with van der Waals surface area (Å²) in [6.07, 6.45) is -0.0360. The number of carbonyl (C=O) groups excluding carboxylic acids is 1. The number of fused-ring (bicyclic) bond motifs is 3. The van der Waals surface area contributed by atoms with Gasteiger partial charge in [0.1, 0.15) is 21.4 Å². The van der Waals surface area contributed by atoms with E-state index in [2.05, 4.69) is 15.3 Å². The molecule has 4 nitrogen and oxygen atoms in total. The maximum atomic E-state index is 13.4. The van der Waals surface area contributed by atoms with E-state index in [0.717, 1.165) is 47.7 Å². The lowest BCUT2D eigenvalue weighted by molar-refractivity contribution is -0.137. The van der Waals surface area contributed by atoms with Gasteiger partial charge in [0.05, 0.1) is 16.3 Å². The lowest BCUT2D eigenvalue weighted by atomic mass is 10.1. The van der Waals surface area contributed by atoms with Gasteiger partial charge in [-0.3, -0.25) is 4.79 Å². The number of alkyl halides is 3. The Bertz CT molecular complexity index is 1380. The average Bonchev–Trinajstić information content (AvgIpc) is 3.40. The Kier molecular flexibility index (Phi) is 6.26. The Balaban J connectivity index is 1.51. The summed E-state index contributed by atoms with van der Waals surface area (Å²) in [5.41, 5.74) is 0.956. The molecule has 1 amide bonds. The second-order valence-corrected chi connectivity index (χ2v) is 10.4. The molecule has 0 saturated carbocycles. The van der Waals surface area contributed by atoms with E-state index in [-0.39, 0.29) is 10.7 Å². The average molecular weight is 520 g/mol. The number of hydrogen-bond donors (Lipinski definition) is 1. The highest BCUT2D eigenvalue weighted by atomic mass is 35.5. The van der Waals surface area contributed by atoms with Crippen LogP contribution in [0.3, 0.4) is 0 Å². The molecule has 2 aromatic heterocycles. The minimum absolute atomic E-state index is 0.0262. The number of thioether (sulfide) groups is 1. The normalized spacial score (nSPS) is 14.2. The third-order valence-corrected chi connectivity index (χ3v) is 8.37. The Labute approximate surface area is 206 Å². The van der Waals surface area contributed by atoms with Crippen molar-refractivity contribution >= 4 is 56.5 Å².